The van der Waals surface area contributed by atoms with Crippen LogP contribution in [0.5, 0.6) is 0 Å². The second-order valence-corrected chi connectivity index (χ2v) is 5.43. The van der Waals surface area contributed by atoms with Crippen LogP contribution in [0.15, 0.2) is 65.1 Å². The van der Waals surface area contributed by atoms with Gasteiger partial charge in [0.2, 0.25) is 5.89 Å². The Morgan fingerprint density at radius 1 is 0.957 bits per heavy atom. The van der Waals surface area contributed by atoms with Crippen molar-refractivity contribution in [2.75, 3.05) is 6.61 Å². The minimum atomic E-state index is -0.318. The van der Waals surface area contributed by atoms with Gasteiger partial charge in [0.05, 0.1) is 6.04 Å². The second-order valence-electron chi connectivity index (χ2n) is 5.43. The number of rotatable bonds is 6. The van der Waals surface area contributed by atoms with Gasteiger partial charge >= 0.3 is 0 Å². The molecule has 0 spiro atoms. The summed E-state index contributed by atoms with van der Waals surface area (Å²) in [5, 5.41) is 8.97. The summed E-state index contributed by atoms with van der Waals surface area (Å²) in [5.41, 5.74) is 8.92. The van der Waals surface area contributed by atoms with E-state index < -0.39 is 0 Å². The highest BCUT2D eigenvalue weighted by Crippen LogP contribution is 2.34. The first-order valence-electron chi connectivity index (χ1n) is 7.77. The number of benzene rings is 2. The maximum Gasteiger partial charge on any atom is 0.212 e. The van der Waals surface area contributed by atoms with Gasteiger partial charge < -0.3 is 15.3 Å². The van der Waals surface area contributed by atoms with Crippen molar-refractivity contribution in [1.29, 1.82) is 0 Å². The van der Waals surface area contributed by atoms with E-state index in [0.717, 1.165) is 22.6 Å². The third-order valence-corrected chi connectivity index (χ3v) is 3.72. The van der Waals surface area contributed by atoms with Crippen molar-refractivity contribution in [2.24, 2.45) is 5.73 Å². The second kappa shape index (κ2) is 7.22. The van der Waals surface area contributed by atoms with Crippen LogP contribution in [0.4, 0.5) is 0 Å². The van der Waals surface area contributed by atoms with Crippen molar-refractivity contribution in [3.05, 3.63) is 66.6 Å². The van der Waals surface area contributed by atoms with Crippen molar-refractivity contribution in [3.63, 3.8) is 0 Å². The summed E-state index contributed by atoms with van der Waals surface area (Å²) < 4.78 is 6.00. The monoisotopic (exact) mass is 308 g/mol. The fourth-order valence-electron chi connectivity index (χ4n) is 2.51. The Bertz CT molecular complexity index is 682. The minimum absolute atomic E-state index is 0.117. The summed E-state index contributed by atoms with van der Waals surface area (Å²) in [7, 11) is 0. The topological polar surface area (TPSA) is 72.3 Å². The van der Waals surface area contributed by atoms with E-state index in [1.54, 1.807) is 0 Å². The van der Waals surface area contributed by atoms with Crippen LogP contribution in [0, 0.1) is 0 Å². The molecule has 118 valence electrons. The summed E-state index contributed by atoms with van der Waals surface area (Å²) in [6.45, 7) is 0.117. The Hall–Kier alpha value is -2.43. The van der Waals surface area contributed by atoms with E-state index in [9.17, 15) is 0 Å². The molecule has 3 rings (SSSR count). The Balaban J connectivity index is 2.04. The van der Waals surface area contributed by atoms with Crippen LogP contribution in [0.3, 0.4) is 0 Å². The molecule has 3 aromatic rings. The molecule has 0 aliphatic rings. The molecule has 0 fully saturated rings. The quantitative estimate of drug-likeness (QED) is 0.727. The molecule has 0 bridgehead atoms. The van der Waals surface area contributed by atoms with Gasteiger partial charge in [0.1, 0.15) is 5.69 Å². The Labute approximate surface area is 135 Å². The van der Waals surface area contributed by atoms with Crippen molar-refractivity contribution >= 4 is 0 Å². The van der Waals surface area contributed by atoms with Crippen LogP contribution in [0.1, 0.15) is 24.8 Å². The minimum Gasteiger partial charge on any atom is -0.438 e. The highest BCUT2D eigenvalue weighted by atomic mass is 16.4. The molecular formula is C19H20N2O2. The van der Waals surface area contributed by atoms with Gasteiger partial charge in [-0.25, -0.2) is 4.98 Å². The number of hydrogen-bond acceptors (Lipinski definition) is 4. The standard InChI is InChI=1S/C19H20N2O2/c20-16(12-7-13-22)19-21-17(14-8-3-1-4-9-14)18(23-19)15-10-5-2-6-11-15/h1-6,8-11,16,22H,7,12-13,20H2/t16-/m1/s1. The summed E-state index contributed by atoms with van der Waals surface area (Å²) >= 11 is 0. The fraction of sp³-hybridized carbons (Fsp3) is 0.211. The Kier molecular flexibility index (Phi) is 4.86. The first-order chi connectivity index (χ1) is 11.3. The highest BCUT2D eigenvalue weighted by molar-refractivity contribution is 5.76. The number of nitrogens with zero attached hydrogens (tertiary/aromatic N) is 1. The van der Waals surface area contributed by atoms with Crippen LogP contribution in [0.2, 0.25) is 0 Å². The molecule has 1 atom stereocenters. The molecule has 4 heteroatoms. The van der Waals surface area contributed by atoms with Crippen molar-refractivity contribution in [1.82, 2.24) is 4.98 Å². The molecule has 0 radical (unpaired) electrons. The number of aliphatic hydroxyl groups is 1. The molecule has 0 aliphatic carbocycles. The highest BCUT2D eigenvalue weighted by Gasteiger charge is 2.20. The van der Waals surface area contributed by atoms with E-state index in [0.29, 0.717) is 18.7 Å². The molecule has 2 aromatic carbocycles. The van der Waals surface area contributed by atoms with Crippen LogP contribution < -0.4 is 5.73 Å². The maximum absolute atomic E-state index is 8.97. The third kappa shape index (κ3) is 3.50. The molecule has 3 N–H and O–H groups in total. The molecule has 0 amide bonds. The first kappa shape index (κ1) is 15.5. The maximum atomic E-state index is 8.97. The van der Waals surface area contributed by atoms with Crippen LogP contribution in [-0.2, 0) is 0 Å². The average molecular weight is 308 g/mol. The number of hydrogen-bond donors (Lipinski definition) is 2. The zero-order valence-electron chi connectivity index (χ0n) is 12.9. The van der Waals surface area contributed by atoms with Crippen LogP contribution in [0.25, 0.3) is 22.6 Å². The summed E-state index contributed by atoms with van der Waals surface area (Å²) in [4.78, 5) is 4.64. The van der Waals surface area contributed by atoms with Gasteiger partial charge in [-0.3, -0.25) is 0 Å². The van der Waals surface area contributed by atoms with E-state index in [1.807, 2.05) is 60.7 Å². The largest absolute Gasteiger partial charge is 0.438 e. The molecule has 1 aromatic heterocycles. The molecule has 4 nitrogen and oxygen atoms in total. The number of aliphatic hydroxyl groups excluding tert-OH is 1. The zero-order valence-corrected chi connectivity index (χ0v) is 12.9. The zero-order chi connectivity index (χ0) is 16.1. The predicted molar refractivity (Wildman–Crippen MR) is 90.6 cm³/mol. The Morgan fingerprint density at radius 3 is 2.17 bits per heavy atom. The fourth-order valence-corrected chi connectivity index (χ4v) is 2.51. The van der Waals surface area contributed by atoms with Gasteiger partial charge in [-0.15, -0.1) is 0 Å². The molecule has 0 unspecified atom stereocenters. The molecular weight excluding hydrogens is 288 g/mol. The predicted octanol–water partition coefficient (Wildman–Crippen LogP) is 3.78. The van der Waals surface area contributed by atoms with Gasteiger partial charge in [0.25, 0.3) is 0 Å². The summed E-state index contributed by atoms with van der Waals surface area (Å²) in [6.07, 6.45) is 1.27. The lowest BCUT2D eigenvalue weighted by atomic mass is 10.1. The number of nitrogens with two attached hydrogens (primary N) is 1. The van der Waals surface area contributed by atoms with Gasteiger partial charge in [0, 0.05) is 17.7 Å². The van der Waals surface area contributed by atoms with Crippen LogP contribution in [-0.4, -0.2) is 16.7 Å². The van der Waals surface area contributed by atoms with Gasteiger partial charge in [-0.1, -0.05) is 60.7 Å². The smallest absolute Gasteiger partial charge is 0.212 e. The molecule has 1 heterocycles. The van der Waals surface area contributed by atoms with Gasteiger partial charge in [0.15, 0.2) is 5.76 Å². The van der Waals surface area contributed by atoms with E-state index >= 15 is 0 Å². The van der Waals surface area contributed by atoms with Crippen molar-refractivity contribution in [2.45, 2.75) is 18.9 Å². The number of aromatic nitrogens is 1. The van der Waals surface area contributed by atoms with Crippen molar-refractivity contribution < 1.29 is 9.52 Å². The average Bonchev–Trinajstić information content (AvgIpc) is 3.06. The number of oxazole rings is 1. The van der Waals surface area contributed by atoms with Crippen LogP contribution >= 0.6 is 0 Å². The van der Waals surface area contributed by atoms with Crippen molar-refractivity contribution in [3.8, 4) is 22.6 Å². The molecule has 0 saturated carbocycles. The van der Waals surface area contributed by atoms with E-state index in [1.165, 1.54) is 0 Å². The molecule has 23 heavy (non-hydrogen) atoms. The van der Waals surface area contributed by atoms with E-state index in [2.05, 4.69) is 4.98 Å². The van der Waals surface area contributed by atoms with E-state index in [-0.39, 0.29) is 12.6 Å². The SMILES string of the molecule is N[C@H](CCCO)c1nc(-c2ccccc2)c(-c2ccccc2)o1. The summed E-state index contributed by atoms with van der Waals surface area (Å²) in [6, 6.07) is 19.5. The summed E-state index contributed by atoms with van der Waals surface area (Å²) in [5.74, 6) is 1.24. The lowest BCUT2D eigenvalue weighted by molar-refractivity contribution is 0.276. The lowest BCUT2D eigenvalue weighted by Crippen LogP contribution is -2.11. The lowest BCUT2D eigenvalue weighted by Gasteiger charge is -2.05. The van der Waals surface area contributed by atoms with Gasteiger partial charge in [-0.2, -0.15) is 0 Å². The first-order valence-corrected chi connectivity index (χ1v) is 7.77. The Morgan fingerprint density at radius 2 is 1.57 bits per heavy atom. The molecule has 0 aliphatic heterocycles. The van der Waals surface area contributed by atoms with Gasteiger partial charge in [-0.05, 0) is 12.8 Å². The normalized spacial score (nSPS) is 12.3. The molecule has 0 saturated heterocycles. The van der Waals surface area contributed by atoms with E-state index in [4.69, 9.17) is 15.3 Å². The third-order valence-electron chi connectivity index (χ3n) is 3.72.